The van der Waals surface area contributed by atoms with Crippen molar-refractivity contribution in [3.8, 4) is 0 Å². The molecule has 1 fully saturated rings. The molecule has 2 heterocycles. The number of aryl methyl sites for hydroxylation is 1. The number of hydrogen-bond donors (Lipinski definition) is 1. The predicted molar refractivity (Wildman–Crippen MR) is 93.7 cm³/mol. The van der Waals surface area contributed by atoms with Crippen LogP contribution in [0.1, 0.15) is 23.8 Å². The van der Waals surface area contributed by atoms with Crippen molar-refractivity contribution in [2.75, 3.05) is 39.8 Å². The molecular formula is C18H27N5O. The third kappa shape index (κ3) is 4.87. The van der Waals surface area contributed by atoms with Gasteiger partial charge in [-0.05, 0) is 19.0 Å². The molecule has 1 aromatic heterocycles. The Morgan fingerprint density at radius 2 is 1.83 bits per heavy atom. The van der Waals surface area contributed by atoms with Crippen LogP contribution in [0.4, 0.5) is 0 Å². The number of aromatic nitrogens is 3. The number of likely N-dealkylation sites (N-methyl/N-ethyl adjacent to an activating group) is 1. The first-order valence-corrected chi connectivity index (χ1v) is 8.73. The van der Waals surface area contributed by atoms with E-state index in [1.165, 1.54) is 0 Å². The molecule has 1 saturated heterocycles. The van der Waals surface area contributed by atoms with Gasteiger partial charge in [0, 0.05) is 45.7 Å². The van der Waals surface area contributed by atoms with E-state index < -0.39 is 6.10 Å². The van der Waals surface area contributed by atoms with Gasteiger partial charge < -0.3 is 14.9 Å². The van der Waals surface area contributed by atoms with E-state index in [0.29, 0.717) is 12.1 Å². The van der Waals surface area contributed by atoms with E-state index in [1.807, 2.05) is 41.2 Å². The Kier molecular flexibility index (Phi) is 5.96. The maximum atomic E-state index is 10.3. The molecule has 0 spiro atoms. The molecular weight excluding hydrogens is 302 g/mol. The SMILES string of the molecule is CN1CCN(CCCn2cc(C(O)Cc3ccccc3)nn2)CC1. The average molecular weight is 329 g/mol. The molecule has 0 saturated carbocycles. The zero-order chi connectivity index (χ0) is 16.8. The molecule has 0 aliphatic carbocycles. The smallest absolute Gasteiger partial charge is 0.112 e. The maximum absolute atomic E-state index is 10.3. The van der Waals surface area contributed by atoms with Crippen LogP contribution in [0.25, 0.3) is 0 Å². The van der Waals surface area contributed by atoms with Gasteiger partial charge in [-0.2, -0.15) is 0 Å². The summed E-state index contributed by atoms with van der Waals surface area (Å²) in [7, 11) is 2.18. The molecule has 1 unspecified atom stereocenters. The van der Waals surface area contributed by atoms with Crippen molar-refractivity contribution in [2.24, 2.45) is 0 Å². The summed E-state index contributed by atoms with van der Waals surface area (Å²) in [6.45, 7) is 6.54. The summed E-state index contributed by atoms with van der Waals surface area (Å²) in [5, 5.41) is 18.6. The van der Waals surface area contributed by atoms with E-state index >= 15 is 0 Å². The number of aliphatic hydroxyl groups is 1. The van der Waals surface area contributed by atoms with E-state index in [2.05, 4.69) is 27.2 Å². The van der Waals surface area contributed by atoms with E-state index in [1.54, 1.807) is 0 Å². The van der Waals surface area contributed by atoms with Gasteiger partial charge >= 0.3 is 0 Å². The summed E-state index contributed by atoms with van der Waals surface area (Å²) in [4.78, 5) is 4.87. The molecule has 1 atom stereocenters. The zero-order valence-electron chi connectivity index (χ0n) is 14.4. The lowest BCUT2D eigenvalue weighted by molar-refractivity contribution is 0.151. The van der Waals surface area contributed by atoms with Gasteiger partial charge in [0.25, 0.3) is 0 Å². The van der Waals surface area contributed by atoms with Crippen molar-refractivity contribution in [1.29, 1.82) is 0 Å². The summed E-state index contributed by atoms with van der Waals surface area (Å²) in [5.74, 6) is 0. The highest BCUT2D eigenvalue weighted by atomic mass is 16.3. The molecule has 3 rings (SSSR count). The average Bonchev–Trinajstić information content (AvgIpc) is 3.07. The van der Waals surface area contributed by atoms with Crippen LogP contribution in [0.3, 0.4) is 0 Å². The molecule has 1 N–H and O–H groups in total. The van der Waals surface area contributed by atoms with Crippen LogP contribution in [-0.2, 0) is 13.0 Å². The molecule has 6 nitrogen and oxygen atoms in total. The first-order valence-electron chi connectivity index (χ1n) is 8.73. The van der Waals surface area contributed by atoms with Crippen LogP contribution >= 0.6 is 0 Å². The van der Waals surface area contributed by atoms with E-state index in [0.717, 1.165) is 51.3 Å². The third-order valence-electron chi connectivity index (χ3n) is 4.63. The van der Waals surface area contributed by atoms with Gasteiger partial charge in [-0.1, -0.05) is 35.5 Å². The Morgan fingerprint density at radius 3 is 2.58 bits per heavy atom. The lowest BCUT2D eigenvalue weighted by Crippen LogP contribution is -2.44. The van der Waals surface area contributed by atoms with Crippen LogP contribution in [0.5, 0.6) is 0 Å². The second-order valence-electron chi connectivity index (χ2n) is 6.61. The summed E-state index contributed by atoms with van der Waals surface area (Å²) >= 11 is 0. The van der Waals surface area contributed by atoms with E-state index in [9.17, 15) is 5.11 Å². The fourth-order valence-electron chi connectivity index (χ4n) is 3.05. The minimum Gasteiger partial charge on any atom is -0.386 e. The molecule has 1 aromatic carbocycles. The Morgan fingerprint density at radius 1 is 1.08 bits per heavy atom. The highest BCUT2D eigenvalue weighted by molar-refractivity contribution is 5.17. The van der Waals surface area contributed by atoms with Crippen molar-refractivity contribution < 1.29 is 5.11 Å². The first-order chi connectivity index (χ1) is 11.7. The van der Waals surface area contributed by atoms with Gasteiger partial charge in [-0.3, -0.25) is 4.68 Å². The van der Waals surface area contributed by atoms with Gasteiger partial charge in [0.15, 0.2) is 0 Å². The van der Waals surface area contributed by atoms with Crippen LogP contribution in [0.2, 0.25) is 0 Å². The highest BCUT2D eigenvalue weighted by Gasteiger charge is 2.14. The minimum absolute atomic E-state index is 0.570. The summed E-state index contributed by atoms with van der Waals surface area (Å²) in [5.41, 5.74) is 1.76. The largest absolute Gasteiger partial charge is 0.386 e. The van der Waals surface area contributed by atoms with Crippen LogP contribution < -0.4 is 0 Å². The fourth-order valence-corrected chi connectivity index (χ4v) is 3.05. The number of hydrogen-bond acceptors (Lipinski definition) is 5. The third-order valence-corrected chi connectivity index (χ3v) is 4.63. The number of rotatable bonds is 7. The van der Waals surface area contributed by atoms with Crippen molar-refractivity contribution in [3.05, 3.63) is 47.8 Å². The van der Waals surface area contributed by atoms with Crippen molar-refractivity contribution in [3.63, 3.8) is 0 Å². The Labute approximate surface area is 143 Å². The lowest BCUT2D eigenvalue weighted by atomic mass is 10.1. The van der Waals surface area contributed by atoms with Gasteiger partial charge in [-0.25, -0.2) is 0 Å². The predicted octanol–water partition coefficient (Wildman–Crippen LogP) is 1.19. The van der Waals surface area contributed by atoms with Crippen molar-refractivity contribution >= 4 is 0 Å². The first kappa shape index (κ1) is 17.1. The fraction of sp³-hybridized carbons (Fsp3) is 0.556. The van der Waals surface area contributed by atoms with Crippen molar-refractivity contribution in [1.82, 2.24) is 24.8 Å². The van der Waals surface area contributed by atoms with E-state index in [-0.39, 0.29) is 0 Å². The Hall–Kier alpha value is -1.76. The summed E-state index contributed by atoms with van der Waals surface area (Å²) < 4.78 is 1.85. The quantitative estimate of drug-likeness (QED) is 0.827. The number of piperazine rings is 1. The molecule has 1 aliphatic rings. The number of benzene rings is 1. The highest BCUT2D eigenvalue weighted by Crippen LogP contribution is 2.15. The number of nitrogens with zero attached hydrogens (tertiary/aromatic N) is 5. The molecule has 2 aromatic rings. The molecule has 0 amide bonds. The second-order valence-corrected chi connectivity index (χ2v) is 6.61. The van der Waals surface area contributed by atoms with Crippen LogP contribution in [-0.4, -0.2) is 69.7 Å². The standard InChI is InChI=1S/C18H27N5O/c1-21-10-12-22(13-11-21)8-5-9-23-15-17(19-20-23)18(24)14-16-6-3-2-4-7-16/h2-4,6-7,15,18,24H,5,8-14H2,1H3. The molecule has 6 heteroatoms. The van der Waals surface area contributed by atoms with Crippen LogP contribution in [0, 0.1) is 0 Å². The van der Waals surface area contributed by atoms with E-state index in [4.69, 9.17) is 0 Å². The van der Waals surface area contributed by atoms with Gasteiger partial charge in [0.2, 0.25) is 0 Å². The van der Waals surface area contributed by atoms with Gasteiger partial charge in [-0.15, -0.1) is 5.10 Å². The summed E-state index contributed by atoms with van der Waals surface area (Å²) in [6, 6.07) is 9.98. The molecule has 130 valence electrons. The maximum Gasteiger partial charge on any atom is 0.112 e. The Balaban J connectivity index is 1.43. The summed E-state index contributed by atoms with van der Waals surface area (Å²) in [6.07, 6.45) is 2.90. The van der Waals surface area contributed by atoms with Crippen molar-refractivity contribution in [2.45, 2.75) is 25.5 Å². The Bertz CT molecular complexity index is 607. The molecule has 0 bridgehead atoms. The van der Waals surface area contributed by atoms with Crippen LogP contribution in [0.15, 0.2) is 36.5 Å². The topological polar surface area (TPSA) is 57.4 Å². The minimum atomic E-state index is -0.598. The normalized spacial score (nSPS) is 17.9. The molecule has 0 radical (unpaired) electrons. The molecule has 1 aliphatic heterocycles. The zero-order valence-corrected chi connectivity index (χ0v) is 14.4. The number of aliphatic hydroxyl groups excluding tert-OH is 1. The monoisotopic (exact) mass is 329 g/mol. The lowest BCUT2D eigenvalue weighted by Gasteiger charge is -2.32. The molecule has 24 heavy (non-hydrogen) atoms. The second kappa shape index (κ2) is 8.37. The van der Waals surface area contributed by atoms with Gasteiger partial charge in [0.1, 0.15) is 11.8 Å². The van der Waals surface area contributed by atoms with Gasteiger partial charge in [0.05, 0.1) is 6.20 Å².